The van der Waals surface area contributed by atoms with Crippen LogP contribution in [0.25, 0.3) is 5.57 Å². The van der Waals surface area contributed by atoms with Crippen molar-refractivity contribution in [3.8, 4) is 0 Å². The molecule has 0 saturated carbocycles. The van der Waals surface area contributed by atoms with E-state index in [4.69, 9.17) is 5.73 Å². The summed E-state index contributed by atoms with van der Waals surface area (Å²) in [5.41, 5.74) is 11.5. The fraction of sp³-hybridized carbons (Fsp3) is 0.619. The number of nitrogens with two attached hydrogens (primary N) is 1. The summed E-state index contributed by atoms with van der Waals surface area (Å²) in [4.78, 5) is 0. The van der Waals surface area contributed by atoms with Crippen LogP contribution in [0.5, 0.6) is 0 Å². The normalized spacial score (nSPS) is 18.8. The van der Waals surface area contributed by atoms with Gasteiger partial charge in [-0.05, 0) is 60.8 Å². The molecule has 0 heterocycles. The molecule has 1 aromatic rings. The molecule has 0 aromatic heterocycles. The highest BCUT2D eigenvalue weighted by Gasteiger charge is 2.19. The monoisotopic (exact) mass is 299 g/mol. The van der Waals surface area contributed by atoms with E-state index in [2.05, 4.69) is 31.7 Å². The van der Waals surface area contributed by atoms with Gasteiger partial charge in [-0.25, -0.2) is 0 Å². The van der Waals surface area contributed by atoms with Gasteiger partial charge in [0.25, 0.3) is 0 Å². The van der Waals surface area contributed by atoms with Crippen LogP contribution in [-0.4, -0.2) is 6.04 Å². The molecule has 122 valence electrons. The molecule has 0 bridgehead atoms. The zero-order chi connectivity index (χ0) is 15.9. The van der Waals surface area contributed by atoms with Gasteiger partial charge in [-0.2, -0.15) is 0 Å². The van der Waals surface area contributed by atoms with Gasteiger partial charge in [-0.1, -0.05) is 63.8 Å². The molecule has 0 fully saturated rings. The van der Waals surface area contributed by atoms with E-state index in [1.54, 1.807) is 11.1 Å². The van der Waals surface area contributed by atoms with E-state index in [0.717, 1.165) is 12.3 Å². The highest BCUT2D eigenvalue weighted by molar-refractivity contribution is 5.65. The SMILES string of the molecule is C=C(CC(C)N)c1ccc2c(c1)CCC(CCCCCC)C2. The van der Waals surface area contributed by atoms with Crippen LogP contribution in [0.15, 0.2) is 24.8 Å². The minimum Gasteiger partial charge on any atom is -0.328 e. The van der Waals surface area contributed by atoms with Gasteiger partial charge in [0, 0.05) is 6.04 Å². The summed E-state index contributed by atoms with van der Waals surface area (Å²) in [6.07, 6.45) is 11.7. The zero-order valence-electron chi connectivity index (χ0n) is 14.5. The van der Waals surface area contributed by atoms with Gasteiger partial charge >= 0.3 is 0 Å². The van der Waals surface area contributed by atoms with Crippen molar-refractivity contribution in [3.05, 3.63) is 41.5 Å². The molecule has 0 saturated heterocycles. The maximum atomic E-state index is 5.89. The van der Waals surface area contributed by atoms with Crippen LogP contribution in [0.2, 0.25) is 0 Å². The molecule has 22 heavy (non-hydrogen) atoms. The third-order valence-electron chi connectivity index (χ3n) is 4.98. The summed E-state index contributed by atoms with van der Waals surface area (Å²) in [5, 5.41) is 0. The second kappa shape index (κ2) is 8.53. The first-order chi connectivity index (χ1) is 10.6. The molecule has 2 N–H and O–H groups in total. The Morgan fingerprint density at radius 2 is 2.09 bits per heavy atom. The topological polar surface area (TPSA) is 26.0 Å². The van der Waals surface area contributed by atoms with E-state index in [9.17, 15) is 0 Å². The lowest BCUT2D eigenvalue weighted by atomic mass is 9.80. The minimum atomic E-state index is 0.191. The molecule has 0 radical (unpaired) electrons. The standard InChI is InChI=1S/C21H33N/c1-4-5-6-7-8-18-9-10-21-15-19(11-12-20(21)14-18)16(2)13-17(3)22/h11-12,15,17-18H,2,4-10,13-14,22H2,1,3H3. The summed E-state index contributed by atoms with van der Waals surface area (Å²) >= 11 is 0. The maximum absolute atomic E-state index is 5.89. The predicted octanol–water partition coefficient (Wildman–Crippen LogP) is 5.51. The Balaban J connectivity index is 1.92. The Morgan fingerprint density at radius 3 is 2.82 bits per heavy atom. The second-order valence-electron chi connectivity index (χ2n) is 7.23. The van der Waals surface area contributed by atoms with E-state index in [1.807, 2.05) is 6.92 Å². The number of unbranched alkanes of at least 4 members (excludes halogenated alkanes) is 3. The Bertz CT molecular complexity index is 487. The summed E-state index contributed by atoms with van der Waals surface area (Å²) in [5.74, 6) is 0.905. The molecule has 2 atom stereocenters. The smallest absolute Gasteiger partial charge is 0.00509 e. The molecule has 0 amide bonds. The number of fused-ring (bicyclic) bond motifs is 1. The lowest BCUT2D eigenvalue weighted by molar-refractivity contribution is 0.406. The van der Waals surface area contributed by atoms with Crippen molar-refractivity contribution in [1.29, 1.82) is 0 Å². The molecule has 1 aliphatic rings. The first kappa shape index (κ1) is 17.3. The maximum Gasteiger partial charge on any atom is 0.00509 e. The van der Waals surface area contributed by atoms with Crippen molar-refractivity contribution < 1.29 is 0 Å². The van der Waals surface area contributed by atoms with E-state index in [0.29, 0.717) is 0 Å². The van der Waals surface area contributed by atoms with Crippen molar-refractivity contribution in [3.63, 3.8) is 0 Å². The average Bonchev–Trinajstić information content (AvgIpc) is 2.50. The number of hydrogen-bond donors (Lipinski definition) is 1. The van der Waals surface area contributed by atoms with Gasteiger partial charge in [0.15, 0.2) is 0 Å². The Labute approximate surface area is 137 Å². The predicted molar refractivity (Wildman–Crippen MR) is 98.0 cm³/mol. The summed E-state index contributed by atoms with van der Waals surface area (Å²) in [7, 11) is 0. The van der Waals surface area contributed by atoms with Crippen LogP contribution < -0.4 is 5.73 Å². The average molecular weight is 300 g/mol. The van der Waals surface area contributed by atoms with Crippen LogP contribution in [0.1, 0.15) is 75.5 Å². The van der Waals surface area contributed by atoms with Crippen molar-refractivity contribution >= 4 is 5.57 Å². The zero-order valence-corrected chi connectivity index (χ0v) is 14.5. The van der Waals surface area contributed by atoms with Gasteiger partial charge < -0.3 is 5.73 Å². The number of hydrogen-bond acceptors (Lipinski definition) is 1. The lowest BCUT2D eigenvalue weighted by Crippen LogP contribution is -2.16. The quantitative estimate of drug-likeness (QED) is 0.629. The third kappa shape index (κ3) is 4.98. The van der Waals surface area contributed by atoms with Crippen LogP contribution >= 0.6 is 0 Å². The Morgan fingerprint density at radius 1 is 1.27 bits per heavy atom. The molecule has 1 heteroatoms. The number of aryl methyl sites for hydroxylation is 1. The first-order valence-corrected chi connectivity index (χ1v) is 9.15. The summed E-state index contributed by atoms with van der Waals surface area (Å²) in [6, 6.07) is 7.15. The van der Waals surface area contributed by atoms with Gasteiger partial charge in [-0.3, -0.25) is 0 Å². The molecular formula is C21H33N. The van der Waals surface area contributed by atoms with Crippen LogP contribution in [0.3, 0.4) is 0 Å². The van der Waals surface area contributed by atoms with Crippen molar-refractivity contribution in [2.24, 2.45) is 11.7 Å². The molecule has 1 aliphatic carbocycles. The largest absolute Gasteiger partial charge is 0.328 e. The number of benzene rings is 1. The Kier molecular flexibility index (Phi) is 6.70. The molecule has 1 nitrogen and oxygen atoms in total. The molecule has 2 rings (SSSR count). The minimum absolute atomic E-state index is 0.191. The van der Waals surface area contributed by atoms with Crippen LogP contribution in [0, 0.1) is 5.92 Å². The Hall–Kier alpha value is -1.08. The molecule has 1 aromatic carbocycles. The molecule has 2 unspecified atom stereocenters. The van der Waals surface area contributed by atoms with Crippen molar-refractivity contribution in [2.45, 2.75) is 77.7 Å². The van der Waals surface area contributed by atoms with Gasteiger partial charge in [0.05, 0.1) is 0 Å². The van der Waals surface area contributed by atoms with Gasteiger partial charge in [0.2, 0.25) is 0 Å². The number of rotatable bonds is 8. The summed E-state index contributed by atoms with van der Waals surface area (Å²) < 4.78 is 0. The second-order valence-corrected chi connectivity index (χ2v) is 7.23. The van der Waals surface area contributed by atoms with E-state index in [-0.39, 0.29) is 6.04 Å². The van der Waals surface area contributed by atoms with Crippen LogP contribution in [-0.2, 0) is 12.8 Å². The van der Waals surface area contributed by atoms with Crippen LogP contribution in [0.4, 0.5) is 0 Å². The highest BCUT2D eigenvalue weighted by atomic mass is 14.6. The highest BCUT2D eigenvalue weighted by Crippen LogP contribution is 2.31. The van der Waals surface area contributed by atoms with Crippen molar-refractivity contribution in [2.75, 3.05) is 0 Å². The molecule has 0 aliphatic heterocycles. The van der Waals surface area contributed by atoms with Crippen molar-refractivity contribution in [1.82, 2.24) is 0 Å². The fourth-order valence-corrected chi connectivity index (χ4v) is 3.66. The van der Waals surface area contributed by atoms with E-state index >= 15 is 0 Å². The third-order valence-corrected chi connectivity index (χ3v) is 4.98. The molecular weight excluding hydrogens is 266 g/mol. The van der Waals surface area contributed by atoms with Gasteiger partial charge in [0.1, 0.15) is 0 Å². The summed E-state index contributed by atoms with van der Waals surface area (Å²) in [6.45, 7) is 8.54. The van der Waals surface area contributed by atoms with E-state index in [1.165, 1.54) is 62.5 Å². The van der Waals surface area contributed by atoms with E-state index < -0.39 is 0 Å². The van der Waals surface area contributed by atoms with Gasteiger partial charge in [-0.15, -0.1) is 0 Å². The fourth-order valence-electron chi connectivity index (χ4n) is 3.66. The lowest BCUT2D eigenvalue weighted by Gasteiger charge is -2.25. The first-order valence-electron chi connectivity index (χ1n) is 9.15. The molecule has 0 spiro atoms.